The molecular formula is C20H18FN3O3. The molecule has 0 aliphatic carbocycles. The van der Waals surface area contributed by atoms with Gasteiger partial charge in [-0.1, -0.05) is 12.1 Å². The monoisotopic (exact) mass is 367 g/mol. The normalized spacial score (nSPS) is 15.9. The van der Waals surface area contributed by atoms with E-state index in [0.717, 1.165) is 17.0 Å². The van der Waals surface area contributed by atoms with Gasteiger partial charge in [-0.2, -0.15) is 5.10 Å². The standard InChI is InChI=1S/C20H18FN3O3/c1-26-17-8-6-15(7-9-17)22-20(25)18-10-16-12-27-19(11-24(16)23-18)13-2-4-14(21)5-3-13/h2-10,19H,11-12H2,1H3,(H,22,25)/t19-/m0/s1. The molecule has 2 aromatic carbocycles. The number of benzene rings is 2. The second-order valence-corrected chi connectivity index (χ2v) is 6.24. The minimum atomic E-state index is -0.291. The summed E-state index contributed by atoms with van der Waals surface area (Å²) in [6.45, 7) is 0.807. The van der Waals surface area contributed by atoms with Crippen LogP contribution in [0.25, 0.3) is 0 Å². The number of halogens is 1. The van der Waals surface area contributed by atoms with Crippen LogP contribution in [0.3, 0.4) is 0 Å². The summed E-state index contributed by atoms with van der Waals surface area (Å²) < 4.78 is 25.8. The van der Waals surface area contributed by atoms with Gasteiger partial charge in [0.1, 0.15) is 17.7 Å². The van der Waals surface area contributed by atoms with Gasteiger partial charge in [0.15, 0.2) is 5.69 Å². The Balaban J connectivity index is 1.47. The molecule has 2 heterocycles. The van der Waals surface area contributed by atoms with Gasteiger partial charge in [0.2, 0.25) is 0 Å². The molecule has 0 fully saturated rings. The third-order valence-corrected chi connectivity index (χ3v) is 4.46. The molecule has 0 spiro atoms. The van der Waals surface area contributed by atoms with E-state index in [1.165, 1.54) is 12.1 Å². The Bertz CT molecular complexity index is 952. The molecule has 4 rings (SSSR count). The van der Waals surface area contributed by atoms with E-state index in [4.69, 9.17) is 9.47 Å². The van der Waals surface area contributed by atoms with Crippen molar-refractivity contribution in [3.05, 3.63) is 77.4 Å². The highest BCUT2D eigenvalue weighted by molar-refractivity contribution is 6.02. The Labute approximate surface area is 155 Å². The molecule has 1 amide bonds. The molecule has 27 heavy (non-hydrogen) atoms. The predicted molar refractivity (Wildman–Crippen MR) is 97.1 cm³/mol. The molecule has 3 aromatic rings. The maximum atomic E-state index is 13.1. The first-order valence-electron chi connectivity index (χ1n) is 8.51. The van der Waals surface area contributed by atoms with Crippen molar-refractivity contribution in [3.8, 4) is 5.75 Å². The molecule has 0 radical (unpaired) electrons. The first kappa shape index (κ1) is 17.2. The highest BCUT2D eigenvalue weighted by Gasteiger charge is 2.24. The molecule has 0 saturated carbocycles. The molecule has 0 unspecified atom stereocenters. The molecule has 1 atom stereocenters. The highest BCUT2D eigenvalue weighted by Crippen LogP contribution is 2.27. The molecule has 1 aliphatic rings. The van der Waals surface area contributed by atoms with Gasteiger partial charge < -0.3 is 14.8 Å². The number of anilines is 1. The van der Waals surface area contributed by atoms with Crippen LogP contribution in [-0.2, 0) is 17.9 Å². The van der Waals surface area contributed by atoms with Crippen molar-refractivity contribution in [2.75, 3.05) is 12.4 Å². The molecule has 7 heteroatoms. The lowest BCUT2D eigenvalue weighted by molar-refractivity contribution is -0.00122. The summed E-state index contributed by atoms with van der Waals surface area (Å²) in [6.07, 6.45) is -0.226. The molecule has 1 N–H and O–H groups in total. The van der Waals surface area contributed by atoms with Crippen molar-refractivity contribution < 1.29 is 18.7 Å². The van der Waals surface area contributed by atoms with E-state index in [0.29, 0.717) is 24.5 Å². The summed E-state index contributed by atoms with van der Waals surface area (Å²) in [5.74, 6) is 0.140. The molecule has 1 aliphatic heterocycles. The SMILES string of the molecule is COc1ccc(NC(=O)c2cc3n(n2)C[C@@H](c2ccc(F)cc2)OC3)cc1. The van der Waals surface area contributed by atoms with Crippen molar-refractivity contribution >= 4 is 11.6 Å². The molecule has 1 aromatic heterocycles. The first-order chi connectivity index (χ1) is 13.1. The Morgan fingerprint density at radius 3 is 2.67 bits per heavy atom. The van der Waals surface area contributed by atoms with Crippen LogP contribution in [0.2, 0.25) is 0 Å². The zero-order chi connectivity index (χ0) is 18.8. The quantitative estimate of drug-likeness (QED) is 0.766. The summed E-state index contributed by atoms with van der Waals surface area (Å²) in [7, 11) is 1.59. The Morgan fingerprint density at radius 1 is 1.22 bits per heavy atom. The summed E-state index contributed by atoms with van der Waals surface area (Å²) >= 11 is 0. The number of methoxy groups -OCH3 is 1. The fourth-order valence-electron chi connectivity index (χ4n) is 2.98. The number of hydrogen-bond acceptors (Lipinski definition) is 4. The number of fused-ring (bicyclic) bond motifs is 1. The van der Waals surface area contributed by atoms with Gasteiger partial charge in [0, 0.05) is 5.69 Å². The van der Waals surface area contributed by atoms with Gasteiger partial charge in [0.05, 0.1) is 26.0 Å². The van der Waals surface area contributed by atoms with Crippen molar-refractivity contribution in [2.45, 2.75) is 19.3 Å². The van der Waals surface area contributed by atoms with Crippen molar-refractivity contribution in [2.24, 2.45) is 0 Å². The lowest BCUT2D eigenvalue weighted by Crippen LogP contribution is -2.22. The maximum Gasteiger partial charge on any atom is 0.276 e. The number of nitrogens with zero attached hydrogens (tertiary/aromatic N) is 2. The second-order valence-electron chi connectivity index (χ2n) is 6.24. The largest absolute Gasteiger partial charge is 0.497 e. The van der Waals surface area contributed by atoms with Gasteiger partial charge >= 0.3 is 0 Å². The molecule has 0 bridgehead atoms. The average Bonchev–Trinajstić information content (AvgIpc) is 3.13. The summed E-state index contributed by atoms with van der Waals surface area (Å²) in [5, 5.41) is 7.21. The van der Waals surface area contributed by atoms with Crippen LogP contribution < -0.4 is 10.1 Å². The summed E-state index contributed by atoms with van der Waals surface area (Å²) in [6, 6.07) is 15.0. The first-order valence-corrected chi connectivity index (χ1v) is 8.51. The molecule has 6 nitrogen and oxygen atoms in total. The fourth-order valence-corrected chi connectivity index (χ4v) is 2.98. The van der Waals surface area contributed by atoms with Crippen LogP contribution >= 0.6 is 0 Å². The minimum absolute atomic E-state index is 0.226. The second kappa shape index (κ2) is 7.20. The topological polar surface area (TPSA) is 65.4 Å². The van der Waals surface area contributed by atoms with Crippen molar-refractivity contribution in [3.63, 3.8) is 0 Å². The molecular weight excluding hydrogens is 349 g/mol. The Kier molecular flexibility index (Phi) is 4.60. The van der Waals surface area contributed by atoms with Crippen LogP contribution in [0.4, 0.5) is 10.1 Å². The van der Waals surface area contributed by atoms with Gasteiger partial charge in [-0.3, -0.25) is 9.48 Å². The summed E-state index contributed by atoms with van der Waals surface area (Å²) in [4.78, 5) is 12.5. The third-order valence-electron chi connectivity index (χ3n) is 4.46. The van der Waals surface area contributed by atoms with E-state index >= 15 is 0 Å². The number of aromatic nitrogens is 2. The number of carbonyl (C=O) groups is 1. The predicted octanol–water partition coefficient (Wildman–Crippen LogP) is 3.55. The highest BCUT2D eigenvalue weighted by atomic mass is 19.1. The van der Waals surface area contributed by atoms with E-state index in [-0.39, 0.29) is 17.8 Å². The van der Waals surface area contributed by atoms with E-state index in [2.05, 4.69) is 10.4 Å². The van der Waals surface area contributed by atoms with E-state index in [9.17, 15) is 9.18 Å². The third kappa shape index (κ3) is 3.68. The zero-order valence-electron chi connectivity index (χ0n) is 14.7. The van der Waals surface area contributed by atoms with E-state index < -0.39 is 0 Å². The van der Waals surface area contributed by atoms with Gasteiger partial charge in [-0.05, 0) is 48.0 Å². The average molecular weight is 367 g/mol. The van der Waals surface area contributed by atoms with Crippen LogP contribution in [0.5, 0.6) is 5.75 Å². The maximum absolute atomic E-state index is 13.1. The lowest BCUT2D eigenvalue weighted by Gasteiger charge is -2.24. The van der Waals surface area contributed by atoms with Gasteiger partial charge in [-0.15, -0.1) is 0 Å². The van der Waals surface area contributed by atoms with Gasteiger partial charge in [-0.25, -0.2) is 4.39 Å². The fraction of sp³-hybridized carbons (Fsp3) is 0.200. The minimum Gasteiger partial charge on any atom is -0.497 e. The number of amides is 1. The van der Waals surface area contributed by atoms with E-state index in [1.807, 2.05) is 0 Å². The number of ether oxygens (including phenoxy) is 2. The molecule has 138 valence electrons. The lowest BCUT2D eigenvalue weighted by atomic mass is 10.1. The van der Waals surface area contributed by atoms with Gasteiger partial charge in [0.25, 0.3) is 5.91 Å². The smallest absolute Gasteiger partial charge is 0.276 e. The number of rotatable bonds is 4. The van der Waals surface area contributed by atoms with Crippen LogP contribution in [0.1, 0.15) is 27.8 Å². The Morgan fingerprint density at radius 2 is 1.96 bits per heavy atom. The molecule has 0 saturated heterocycles. The zero-order valence-corrected chi connectivity index (χ0v) is 14.7. The van der Waals surface area contributed by atoms with Crippen molar-refractivity contribution in [1.29, 1.82) is 0 Å². The van der Waals surface area contributed by atoms with Crippen LogP contribution in [0, 0.1) is 5.82 Å². The Hall–Kier alpha value is -3.19. The summed E-state index contributed by atoms with van der Waals surface area (Å²) in [5.41, 5.74) is 2.69. The number of hydrogen-bond donors (Lipinski definition) is 1. The number of nitrogens with one attached hydrogen (secondary N) is 1. The van der Waals surface area contributed by atoms with E-state index in [1.54, 1.807) is 54.3 Å². The van der Waals surface area contributed by atoms with Crippen LogP contribution in [0.15, 0.2) is 54.6 Å². The van der Waals surface area contributed by atoms with Crippen molar-refractivity contribution in [1.82, 2.24) is 9.78 Å². The van der Waals surface area contributed by atoms with Crippen LogP contribution in [-0.4, -0.2) is 22.8 Å². The number of carbonyl (C=O) groups excluding carboxylic acids is 1.